The summed E-state index contributed by atoms with van der Waals surface area (Å²) in [4.78, 5) is 14.9. The summed E-state index contributed by atoms with van der Waals surface area (Å²) in [5.74, 6) is 1.75. The van der Waals surface area contributed by atoms with Gasteiger partial charge in [-0.1, -0.05) is 19.4 Å². The summed E-state index contributed by atoms with van der Waals surface area (Å²) in [7, 11) is 1.63. The number of morpholine rings is 1. The van der Waals surface area contributed by atoms with Gasteiger partial charge in [0.25, 0.3) is 0 Å². The molecule has 2 atom stereocenters. The van der Waals surface area contributed by atoms with Crippen molar-refractivity contribution in [3.8, 4) is 11.5 Å². The minimum atomic E-state index is -0.0978. The molecule has 0 saturated carbocycles. The molecule has 31 heavy (non-hydrogen) atoms. The van der Waals surface area contributed by atoms with Crippen LogP contribution in [0.2, 0.25) is 0 Å². The van der Waals surface area contributed by atoms with Gasteiger partial charge in [-0.15, -0.1) is 0 Å². The van der Waals surface area contributed by atoms with Crippen molar-refractivity contribution in [1.29, 1.82) is 0 Å². The van der Waals surface area contributed by atoms with Crippen LogP contribution in [0.3, 0.4) is 0 Å². The van der Waals surface area contributed by atoms with Gasteiger partial charge in [-0.3, -0.25) is 9.69 Å². The monoisotopic (exact) mass is 432 g/mol. The van der Waals surface area contributed by atoms with Crippen molar-refractivity contribution in [1.82, 2.24) is 10.2 Å². The van der Waals surface area contributed by atoms with Crippen molar-refractivity contribution in [2.75, 3.05) is 59.8 Å². The third-order valence-corrected chi connectivity index (χ3v) is 5.88. The molecule has 0 aliphatic carbocycles. The molecule has 0 aromatic heterocycles. The van der Waals surface area contributed by atoms with Gasteiger partial charge in [0.05, 0.1) is 33.5 Å². The maximum Gasteiger partial charge on any atom is 0.244 e. The number of hydrogen-bond acceptors (Lipinski definition) is 6. The zero-order chi connectivity index (χ0) is 21.9. The first-order valence-electron chi connectivity index (χ1n) is 11.4. The number of nitrogens with one attached hydrogen (secondary N) is 1. The first-order chi connectivity index (χ1) is 15.2. The zero-order valence-corrected chi connectivity index (χ0v) is 18.8. The highest BCUT2D eigenvalue weighted by Gasteiger charge is 2.31. The lowest BCUT2D eigenvalue weighted by Crippen LogP contribution is -2.52. The molecule has 1 aromatic rings. The van der Waals surface area contributed by atoms with E-state index in [1.165, 1.54) is 0 Å². The average Bonchev–Trinajstić information content (AvgIpc) is 3.34. The minimum absolute atomic E-state index is 0.0978. The van der Waals surface area contributed by atoms with Gasteiger partial charge in [-0.2, -0.15) is 0 Å². The van der Waals surface area contributed by atoms with Gasteiger partial charge >= 0.3 is 0 Å². The summed E-state index contributed by atoms with van der Waals surface area (Å²) in [6.45, 7) is 8.28. The van der Waals surface area contributed by atoms with E-state index >= 15 is 0 Å². The number of amides is 1. The Labute approximate surface area is 185 Å². The maximum absolute atomic E-state index is 12.5. The fourth-order valence-electron chi connectivity index (χ4n) is 4.03. The highest BCUT2D eigenvalue weighted by Crippen LogP contribution is 2.28. The number of rotatable bonds is 11. The van der Waals surface area contributed by atoms with E-state index in [-0.39, 0.29) is 11.9 Å². The lowest BCUT2D eigenvalue weighted by Gasteiger charge is -2.37. The van der Waals surface area contributed by atoms with Crippen LogP contribution < -0.4 is 14.8 Å². The second-order valence-electron chi connectivity index (χ2n) is 8.03. The van der Waals surface area contributed by atoms with Crippen LogP contribution in [0.4, 0.5) is 0 Å². The van der Waals surface area contributed by atoms with Crippen LogP contribution in [-0.4, -0.2) is 76.6 Å². The SMILES string of the molecule is CCCCOc1ccc(/C=C/C(=O)NCC(C2CCOC2)N2CCOCC2)cc1OC. The largest absolute Gasteiger partial charge is 0.493 e. The molecule has 0 radical (unpaired) electrons. The lowest BCUT2D eigenvalue weighted by atomic mass is 9.97. The molecule has 2 fully saturated rings. The van der Waals surface area contributed by atoms with Crippen molar-refractivity contribution in [2.24, 2.45) is 5.92 Å². The number of carbonyl (C=O) groups is 1. The quantitative estimate of drug-likeness (QED) is 0.428. The highest BCUT2D eigenvalue weighted by atomic mass is 16.5. The summed E-state index contributed by atoms with van der Waals surface area (Å²) in [5, 5.41) is 3.08. The second-order valence-corrected chi connectivity index (χ2v) is 8.03. The van der Waals surface area contributed by atoms with E-state index in [0.717, 1.165) is 70.1 Å². The first kappa shape index (κ1) is 23.6. The molecule has 2 unspecified atom stereocenters. The molecule has 1 aromatic carbocycles. The standard InChI is InChI=1S/C24H36N2O5/c1-3-4-12-31-22-7-5-19(16-23(22)28-2)6-8-24(27)25-17-21(20-9-13-30-18-20)26-10-14-29-15-11-26/h5-8,16,20-21H,3-4,9-15,17-18H2,1-2H3,(H,25,27)/b8-6+. The van der Waals surface area contributed by atoms with Crippen LogP contribution in [0.15, 0.2) is 24.3 Å². The molecule has 0 spiro atoms. The third kappa shape index (κ3) is 7.23. The van der Waals surface area contributed by atoms with Crippen LogP contribution in [0.1, 0.15) is 31.7 Å². The Morgan fingerprint density at radius 3 is 2.81 bits per heavy atom. The Morgan fingerprint density at radius 2 is 2.10 bits per heavy atom. The van der Waals surface area contributed by atoms with Crippen molar-refractivity contribution in [2.45, 2.75) is 32.2 Å². The Morgan fingerprint density at radius 1 is 1.26 bits per heavy atom. The van der Waals surface area contributed by atoms with Gasteiger partial charge in [0.2, 0.25) is 5.91 Å². The minimum Gasteiger partial charge on any atom is -0.493 e. The van der Waals surface area contributed by atoms with Gasteiger partial charge in [-0.25, -0.2) is 0 Å². The Hall–Kier alpha value is -2.09. The van der Waals surface area contributed by atoms with Gasteiger partial charge in [0.15, 0.2) is 11.5 Å². The smallest absolute Gasteiger partial charge is 0.244 e. The molecule has 0 bridgehead atoms. The molecule has 1 N–H and O–H groups in total. The number of ether oxygens (including phenoxy) is 4. The van der Waals surface area contributed by atoms with Gasteiger partial charge in [-0.05, 0) is 36.6 Å². The molecular weight excluding hydrogens is 396 g/mol. The first-order valence-corrected chi connectivity index (χ1v) is 11.4. The predicted octanol–water partition coefficient (Wildman–Crippen LogP) is 2.74. The van der Waals surface area contributed by atoms with Crippen molar-refractivity contribution < 1.29 is 23.7 Å². The molecule has 2 heterocycles. The number of unbranched alkanes of at least 4 members (excludes halogenated alkanes) is 1. The second kappa shape index (κ2) is 12.7. The number of hydrogen-bond donors (Lipinski definition) is 1. The summed E-state index contributed by atoms with van der Waals surface area (Å²) < 4.78 is 22.3. The van der Waals surface area contributed by atoms with Crippen LogP contribution in [0.5, 0.6) is 11.5 Å². The van der Waals surface area contributed by atoms with Crippen molar-refractivity contribution >= 4 is 12.0 Å². The molecule has 7 nitrogen and oxygen atoms in total. The van der Waals surface area contributed by atoms with E-state index in [1.54, 1.807) is 19.3 Å². The molecule has 2 aliphatic heterocycles. The van der Waals surface area contributed by atoms with E-state index in [9.17, 15) is 4.79 Å². The summed E-state index contributed by atoms with van der Waals surface area (Å²) in [6.07, 6.45) is 6.51. The Bertz CT molecular complexity index is 712. The third-order valence-electron chi connectivity index (χ3n) is 5.88. The molecule has 3 rings (SSSR count). The van der Waals surface area contributed by atoms with Crippen molar-refractivity contribution in [3.63, 3.8) is 0 Å². The van der Waals surface area contributed by atoms with E-state index in [1.807, 2.05) is 18.2 Å². The molecule has 2 saturated heterocycles. The fourth-order valence-corrected chi connectivity index (χ4v) is 4.03. The summed E-state index contributed by atoms with van der Waals surface area (Å²) in [5.41, 5.74) is 0.892. The average molecular weight is 433 g/mol. The summed E-state index contributed by atoms with van der Waals surface area (Å²) in [6, 6.07) is 5.99. The number of carbonyl (C=O) groups excluding carboxylic acids is 1. The van der Waals surface area contributed by atoms with Crippen LogP contribution in [0, 0.1) is 5.92 Å². The zero-order valence-electron chi connectivity index (χ0n) is 18.8. The molecular formula is C24H36N2O5. The predicted molar refractivity (Wildman–Crippen MR) is 121 cm³/mol. The van der Waals surface area contributed by atoms with Crippen molar-refractivity contribution in [3.05, 3.63) is 29.8 Å². The lowest BCUT2D eigenvalue weighted by molar-refractivity contribution is -0.116. The maximum atomic E-state index is 12.5. The Kier molecular flexibility index (Phi) is 9.65. The topological polar surface area (TPSA) is 69.3 Å². The number of benzene rings is 1. The van der Waals surface area contributed by atoms with Gasteiger partial charge in [0, 0.05) is 44.3 Å². The fraction of sp³-hybridized carbons (Fsp3) is 0.625. The van der Waals surface area contributed by atoms with E-state index in [4.69, 9.17) is 18.9 Å². The van der Waals surface area contributed by atoms with E-state index < -0.39 is 0 Å². The van der Waals surface area contributed by atoms with Crippen LogP contribution in [-0.2, 0) is 14.3 Å². The molecule has 172 valence electrons. The number of methoxy groups -OCH3 is 1. The van der Waals surface area contributed by atoms with Crippen LogP contribution >= 0.6 is 0 Å². The number of nitrogens with zero attached hydrogens (tertiary/aromatic N) is 1. The molecule has 1 amide bonds. The van der Waals surface area contributed by atoms with E-state index in [2.05, 4.69) is 17.1 Å². The molecule has 2 aliphatic rings. The normalized spacial score (nSPS) is 20.6. The van der Waals surface area contributed by atoms with E-state index in [0.29, 0.717) is 24.8 Å². The van der Waals surface area contributed by atoms with Crippen LogP contribution in [0.25, 0.3) is 6.08 Å². The Balaban J connectivity index is 1.54. The van der Waals surface area contributed by atoms with Gasteiger partial charge < -0.3 is 24.3 Å². The molecule has 7 heteroatoms. The summed E-state index contributed by atoms with van der Waals surface area (Å²) >= 11 is 0. The highest BCUT2D eigenvalue weighted by molar-refractivity contribution is 5.91. The van der Waals surface area contributed by atoms with Gasteiger partial charge in [0.1, 0.15) is 0 Å².